The number of thiazole rings is 1. The zero-order chi connectivity index (χ0) is 13.9. The fourth-order valence-corrected chi connectivity index (χ4v) is 2.65. The van der Waals surface area contributed by atoms with Gasteiger partial charge in [-0.2, -0.15) is 4.98 Å². The molecule has 2 aromatic heterocycles. The molecule has 0 aliphatic carbocycles. The second-order valence-corrected chi connectivity index (χ2v) is 5.11. The summed E-state index contributed by atoms with van der Waals surface area (Å²) >= 11 is 1.52. The van der Waals surface area contributed by atoms with Crippen molar-refractivity contribution in [3.63, 3.8) is 0 Å². The van der Waals surface area contributed by atoms with Gasteiger partial charge in [0, 0.05) is 18.1 Å². The Balaban J connectivity index is 1.97. The highest BCUT2D eigenvalue weighted by Crippen LogP contribution is 2.29. The Kier molecular flexibility index (Phi) is 3.66. The van der Waals surface area contributed by atoms with Crippen molar-refractivity contribution < 1.29 is 9.13 Å². The van der Waals surface area contributed by atoms with Crippen molar-refractivity contribution in [1.82, 2.24) is 14.7 Å². The first-order valence-electron chi connectivity index (χ1n) is 6.37. The lowest BCUT2D eigenvalue weighted by Gasteiger charge is -2.07. The van der Waals surface area contributed by atoms with Crippen LogP contribution in [0.5, 0.6) is 11.6 Å². The third kappa shape index (κ3) is 2.39. The van der Waals surface area contributed by atoms with Crippen LogP contribution in [-0.4, -0.2) is 15.9 Å². The number of nitrogens with zero attached hydrogens (tertiary/aromatic N) is 2. The van der Waals surface area contributed by atoms with Gasteiger partial charge in [0.25, 0.3) is 0 Å². The van der Waals surface area contributed by atoms with Gasteiger partial charge in [0.2, 0.25) is 5.88 Å². The lowest BCUT2D eigenvalue weighted by Crippen LogP contribution is -2.13. The number of para-hydroxylation sites is 1. The predicted octanol–water partition coefficient (Wildman–Crippen LogP) is 3.44. The highest BCUT2D eigenvalue weighted by atomic mass is 32.1. The van der Waals surface area contributed by atoms with E-state index in [9.17, 15) is 4.39 Å². The minimum atomic E-state index is -0.391. The molecule has 0 bridgehead atoms. The first kappa shape index (κ1) is 13.1. The summed E-state index contributed by atoms with van der Waals surface area (Å²) in [6.07, 6.45) is 1.94. The molecular formula is C14H14FN3OS. The van der Waals surface area contributed by atoms with Gasteiger partial charge in [0.15, 0.2) is 16.5 Å². The van der Waals surface area contributed by atoms with Gasteiger partial charge in [-0.3, -0.25) is 4.40 Å². The summed E-state index contributed by atoms with van der Waals surface area (Å²) < 4.78 is 21.3. The van der Waals surface area contributed by atoms with Crippen molar-refractivity contribution in [3.05, 3.63) is 47.4 Å². The predicted molar refractivity (Wildman–Crippen MR) is 76.9 cm³/mol. The Hall–Kier alpha value is -1.92. The summed E-state index contributed by atoms with van der Waals surface area (Å²) in [6, 6.07) is 6.34. The van der Waals surface area contributed by atoms with Crippen LogP contribution in [0.3, 0.4) is 0 Å². The van der Waals surface area contributed by atoms with E-state index < -0.39 is 5.82 Å². The standard InChI is InChI=1S/C14H14FN3OS/c1-2-16-9-11-13(17-14-18(11)7-8-20-14)19-12-6-4-3-5-10(12)15/h3-8,16H,2,9H2,1H3. The van der Waals surface area contributed by atoms with Crippen LogP contribution in [0.1, 0.15) is 12.6 Å². The number of nitrogens with one attached hydrogen (secondary N) is 1. The van der Waals surface area contributed by atoms with Gasteiger partial charge in [0.05, 0.1) is 0 Å². The largest absolute Gasteiger partial charge is 0.434 e. The minimum Gasteiger partial charge on any atom is -0.434 e. The molecule has 0 aliphatic rings. The minimum absolute atomic E-state index is 0.191. The number of hydrogen-bond acceptors (Lipinski definition) is 4. The third-order valence-electron chi connectivity index (χ3n) is 2.91. The SMILES string of the molecule is CCNCc1c(Oc2ccccc2F)nc2sccn12. The van der Waals surface area contributed by atoms with Gasteiger partial charge in [0.1, 0.15) is 5.69 Å². The molecule has 0 amide bonds. The number of rotatable bonds is 5. The van der Waals surface area contributed by atoms with E-state index in [2.05, 4.69) is 10.3 Å². The number of hydrogen-bond donors (Lipinski definition) is 1. The van der Waals surface area contributed by atoms with Gasteiger partial charge in [-0.25, -0.2) is 4.39 Å². The van der Waals surface area contributed by atoms with Gasteiger partial charge in [-0.1, -0.05) is 19.1 Å². The Morgan fingerprint density at radius 1 is 1.40 bits per heavy atom. The van der Waals surface area contributed by atoms with Crippen LogP contribution in [-0.2, 0) is 6.54 Å². The van der Waals surface area contributed by atoms with Gasteiger partial charge >= 0.3 is 0 Å². The first-order chi connectivity index (χ1) is 9.79. The van der Waals surface area contributed by atoms with Crippen molar-refractivity contribution in [1.29, 1.82) is 0 Å². The Labute approximate surface area is 119 Å². The number of halogens is 1. The van der Waals surface area contributed by atoms with Crippen molar-refractivity contribution in [3.8, 4) is 11.6 Å². The summed E-state index contributed by atoms with van der Waals surface area (Å²) in [5, 5.41) is 5.21. The van der Waals surface area contributed by atoms with Crippen LogP contribution in [0, 0.1) is 5.82 Å². The fourth-order valence-electron chi connectivity index (χ4n) is 1.93. The van der Waals surface area contributed by atoms with Crippen LogP contribution in [0.2, 0.25) is 0 Å². The monoisotopic (exact) mass is 291 g/mol. The fraction of sp³-hybridized carbons (Fsp3) is 0.214. The van der Waals surface area contributed by atoms with Crippen molar-refractivity contribution >= 4 is 16.3 Å². The van der Waals surface area contributed by atoms with Crippen LogP contribution in [0.25, 0.3) is 4.96 Å². The van der Waals surface area contributed by atoms with Gasteiger partial charge in [-0.05, 0) is 18.7 Å². The van der Waals surface area contributed by atoms with E-state index in [0.717, 1.165) is 17.2 Å². The molecule has 0 saturated heterocycles. The number of ether oxygens (including phenoxy) is 1. The van der Waals surface area contributed by atoms with E-state index in [4.69, 9.17) is 4.74 Å². The summed E-state index contributed by atoms with van der Waals surface area (Å²) in [5.41, 5.74) is 0.895. The molecule has 0 spiro atoms. The highest BCUT2D eigenvalue weighted by Gasteiger charge is 2.16. The van der Waals surface area contributed by atoms with E-state index in [1.54, 1.807) is 18.2 Å². The number of aromatic nitrogens is 2. The smallest absolute Gasteiger partial charge is 0.243 e. The number of benzene rings is 1. The van der Waals surface area contributed by atoms with Crippen molar-refractivity contribution in [2.75, 3.05) is 6.54 Å². The summed E-state index contributed by atoms with van der Waals surface area (Å²) in [6.45, 7) is 3.50. The Morgan fingerprint density at radius 2 is 2.25 bits per heavy atom. The Morgan fingerprint density at radius 3 is 3.05 bits per heavy atom. The van der Waals surface area contributed by atoms with E-state index in [0.29, 0.717) is 12.4 Å². The van der Waals surface area contributed by atoms with E-state index in [1.807, 2.05) is 22.9 Å². The van der Waals surface area contributed by atoms with Crippen LogP contribution < -0.4 is 10.1 Å². The molecule has 3 rings (SSSR count). The van der Waals surface area contributed by atoms with Crippen molar-refractivity contribution in [2.24, 2.45) is 0 Å². The summed E-state index contributed by atoms with van der Waals surface area (Å²) in [4.78, 5) is 5.25. The van der Waals surface area contributed by atoms with Crippen LogP contribution >= 0.6 is 11.3 Å². The number of imidazole rings is 1. The molecule has 6 heteroatoms. The average molecular weight is 291 g/mol. The first-order valence-corrected chi connectivity index (χ1v) is 7.25. The van der Waals surface area contributed by atoms with E-state index in [1.165, 1.54) is 17.4 Å². The zero-order valence-corrected chi connectivity index (χ0v) is 11.8. The topological polar surface area (TPSA) is 38.6 Å². The van der Waals surface area contributed by atoms with Crippen molar-refractivity contribution in [2.45, 2.75) is 13.5 Å². The van der Waals surface area contributed by atoms with Gasteiger partial charge in [-0.15, -0.1) is 11.3 Å². The molecule has 0 fully saturated rings. The lowest BCUT2D eigenvalue weighted by atomic mass is 10.3. The summed E-state index contributed by atoms with van der Waals surface area (Å²) in [7, 11) is 0. The normalized spacial score (nSPS) is 11.1. The quantitative estimate of drug-likeness (QED) is 0.782. The lowest BCUT2D eigenvalue weighted by molar-refractivity contribution is 0.423. The maximum Gasteiger partial charge on any atom is 0.243 e. The molecule has 3 aromatic rings. The van der Waals surface area contributed by atoms with E-state index >= 15 is 0 Å². The highest BCUT2D eigenvalue weighted by molar-refractivity contribution is 7.15. The molecule has 0 unspecified atom stereocenters. The molecular weight excluding hydrogens is 277 g/mol. The maximum absolute atomic E-state index is 13.7. The molecule has 104 valence electrons. The Bertz CT molecular complexity index is 722. The van der Waals surface area contributed by atoms with E-state index in [-0.39, 0.29) is 5.75 Å². The van der Waals surface area contributed by atoms with Crippen LogP contribution in [0.15, 0.2) is 35.8 Å². The second-order valence-electron chi connectivity index (χ2n) is 4.23. The molecule has 1 aromatic carbocycles. The molecule has 4 nitrogen and oxygen atoms in total. The molecule has 0 aliphatic heterocycles. The third-order valence-corrected chi connectivity index (χ3v) is 3.67. The average Bonchev–Trinajstić information content (AvgIpc) is 3.00. The molecule has 2 heterocycles. The molecule has 20 heavy (non-hydrogen) atoms. The number of fused-ring (bicyclic) bond motifs is 1. The molecule has 0 saturated carbocycles. The molecule has 1 N–H and O–H groups in total. The summed E-state index contributed by atoms with van der Waals surface area (Å²) in [5.74, 6) is 0.247. The molecule has 0 atom stereocenters. The second kappa shape index (κ2) is 5.60. The van der Waals surface area contributed by atoms with Gasteiger partial charge < -0.3 is 10.1 Å². The molecule has 0 radical (unpaired) electrons. The maximum atomic E-state index is 13.7. The van der Waals surface area contributed by atoms with Crippen LogP contribution in [0.4, 0.5) is 4.39 Å². The zero-order valence-electron chi connectivity index (χ0n) is 11.0.